The Kier molecular flexibility index (Phi) is 6.37. The van der Waals surface area contributed by atoms with E-state index in [1.807, 2.05) is 42.7 Å². The van der Waals surface area contributed by atoms with Crippen molar-refractivity contribution in [2.75, 3.05) is 7.11 Å². The van der Waals surface area contributed by atoms with Gasteiger partial charge in [0.15, 0.2) is 0 Å². The SMILES string of the molecule is COc1ccc(C(Cc2cccnc2)NCc2ccnc(OC3CCC3)c2)cc1. The highest BCUT2D eigenvalue weighted by atomic mass is 16.5. The first-order valence-corrected chi connectivity index (χ1v) is 10.2. The van der Waals surface area contributed by atoms with Crippen LogP contribution in [-0.2, 0) is 13.0 Å². The number of pyridine rings is 2. The summed E-state index contributed by atoms with van der Waals surface area (Å²) in [6.45, 7) is 0.737. The van der Waals surface area contributed by atoms with Crippen molar-refractivity contribution in [3.63, 3.8) is 0 Å². The predicted molar refractivity (Wildman–Crippen MR) is 113 cm³/mol. The fraction of sp³-hybridized carbons (Fsp3) is 0.333. The smallest absolute Gasteiger partial charge is 0.213 e. The van der Waals surface area contributed by atoms with Gasteiger partial charge >= 0.3 is 0 Å². The third-order valence-corrected chi connectivity index (χ3v) is 5.37. The molecule has 4 rings (SSSR count). The van der Waals surface area contributed by atoms with E-state index in [9.17, 15) is 0 Å². The molecule has 5 heteroatoms. The monoisotopic (exact) mass is 389 g/mol. The van der Waals surface area contributed by atoms with Gasteiger partial charge in [0.05, 0.1) is 7.11 Å². The van der Waals surface area contributed by atoms with E-state index in [1.54, 1.807) is 13.3 Å². The Morgan fingerprint density at radius 1 is 1.07 bits per heavy atom. The zero-order chi connectivity index (χ0) is 19.9. The summed E-state index contributed by atoms with van der Waals surface area (Å²) < 4.78 is 11.2. The lowest BCUT2D eigenvalue weighted by atomic mass is 9.96. The lowest BCUT2D eigenvalue weighted by Gasteiger charge is -2.26. The molecule has 1 atom stereocenters. The number of ether oxygens (including phenoxy) is 2. The molecule has 2 heterocycles. The molecule has 1 aliphatic carbocycles. The van der Waals surface area contributed by atoms with Gasteiger partial charge in [-0.3, -0.25) is 4.98 Å². The minimum Gasteiger partial charge on any atom is -0.497 e. The van der Waals surface area contributed by atoms with Gasteiger partial charge in [0.2, 0.25) is 5.88 Å². The average molecular weight is 389 g/mol. The summed E-state index contributed by atoms with van der Waals surface area (Å²) in [7, 11) is 1.69. The van der Waals surface area contributed by atoms with Crippen molar-refractivity contribution in [3.8, 4) is 11.6 Å². The predicted octanol–water partition coefficient (Wildman–Crippen LogP) is 4.49. The number of methoxy groups -OCH3 is 1. The van der Waals surface area contributed by atoms with Crippen molar-refractivity contribution in [1.82, 2.24) is 15.3 Å². The lowest BCUT2D eigenvalue weighted by molar-refractivity contribution is 0.114. The highest BCUT2D eigenvalue weighted by Crippen LogP contribution is 2.25. The second kappa shape index (κ2) is 9.52. The molecule has 0 bridgehead atoms. The Morgan fingerprint density at radius 3 is 2.62 bits per heavy atom. The number of nitrogens with one attached hydrogen (secondary N) is 1. The van der Waals surface area contributed by atoms with Crippen molar-refractivity contribution in [2.24, 2.45) is 0 Å². The van der Waals surface area contributed by atoms with E-state index in [0.717, 1.165) is 37.4 Å². The first-order valence-electron chi connectivity index (χ1n) is 10.2. The summed E-state index contributed by atoms with van der Waals surface area (Å²) in [5.41, 5.74) is 3.58. The Balaban J connectivity index is 1.46. The molecule has 1 N–H and O–H groups in total. The zero-order valence-corrected chi connectivity index (χ0v) is 16.8. The fourth-order valence-electron chi connectivity index (χ4n) is 3.42. The van der Waals surface area contributed by atoms with E-state index in [-0.39, 0.29) is 6.04 Å². The van der Waals surface area contributed by atoms with Gasteiger partial charge in [0.25, 0.3) is 0 Å². The van der Waals surface area contributed by atoms with Crippen LogP contribution in [0.3, 0.4) is 0 Å². The molecule has 2 aromatic heterocycles. The number of benzene rings is 1. The van der Waals surface area contributed by atoms with Crippen LogP contribution in [0.5, 0.6) is 11.6 Å². The van der Waals surface area contributed by atoms with Gasteiger partial charge in [-0.05, 0) is 66.6 Å². The summed E-state index contributed by atoms with van der Waals surface area (Å²) in [6, 6.07) is 16.6. The second-order valence-electron chi connectivity index (χ2n) is 7.45. The van der Waals surface area contributed by atoms with Crippen molar-refractivity contribution in [3.05, 3.63) is 83.8 Å². The summed E-state index contributed by atoms with van der Waals surface area (Å²) in [5.74, 6) is 1.59. The highest BCUT2D eigenvalue weighted by Gasteiger charge is 2.19. The summed E-state index contributed by atoms with van der Waals surface area (Å²) in [5, 5.41) is 3.69. The topological polar surface area (TPSA) is 56.3 Å². The highest BCUT2D eigenvalue weighted by molar-refractivity contribution is 5.30. The first-order chi connectivity index (χ1) is 14.3. The molecule has 3 aromatic rings. The number of hydrogen-bond acceptors (Lipinski definition) is 5. The number of aromatic nitrogens is 2. The molecular weight excluding hydrogens is 362 g/mol. The van der Waals surface area contributed by atoms with Crippen molar-refractivity contribution >= 4 is 0 Å². The van der Waals surface area contributed by atoms with Crippen LogP contribution in [0, 0.1) is 0 Å². The van der Waals surface area contributed by atoms with Crippen molar-refractivity contribution in [2.45, 2.75) is 44.4 Å². The van der Waals surface area contributed by atoms with Crippen LogP contribution < -0.4 is 14.8 Å². The van der Waals surface area contributed by atoms with Gasteiger partial charge in [-0.1, -0.05) is 18.2 Å². The van der Waals surface area contributed by atoms with E-state index in [4.69, 9.17) is 9.47 Å². The second-order valence-corrected chi connectivity index (χ2v) is 7.45. The Bertz CT molecular complexity index is 896. The van der Waals surface area contributed by atoms with Gasteiger partial charge in [-0.25, -0.2) is 4.98 Å². The molecule has 0 spiro atoms. The van der Waals surface area contributed by atoms with E-state index in [1.165, 1.54) is 23.1 Å². The van der Waals surface area contributed by atoms with Crippen LogP contribution in [0.1, 0.15) is 42.0 Å². The normalized spacial score (nSPS) is 14.8. The zero-order valence-electron chi connectivity index (χ0n) is 16.8. The molecule has 1 unspecified atom stereocenters. The molecule has 29 heavy (non-hydrogen) atoms. The molecule has 0 amide bonds. The van der Waals surface area contributed by atoms with Crippen LogP contribution >= 0.6 is 0 Å². The standard InChI is InChI=1S/C24H27N3O2/c1-28-21-9-7-20(8-10-21)23(14-18-4-3-12-25-16-18)27-17-19-11-13-26-24(15-19)29-22-5-2-6-22/h3-4,7-13,15-16,22-23,27H,2,5-6,14,17H2,1H3. The summed E-state index contributed by atoms with van der Waals surface area (Å²) in [6.07, 6.45) is 10.3. The van der Waals surface area contributed by atoms with Gasteiger partial charge in [-0.2, -0.15) is 0 Å². The minimum absolute atomic E-state index is 0.161. The molecule has 5 nitrogen and oxygen atoms in total. The average Bonchev–Trinajstić information content (AvgIpc) is 2.75. The largest absolute Gasteiger partial charge is 0.497 e. The van der Waals surface area contributed by atoms with Gasteiger partial charge in [-0.15, -0.1) is 0 Å². The number of nitrogens with zero attached hydrogens (tertiary/aromatic N) is 2. The maximum atomic E-state index is 5.94. The van der Waals surface area contributed by atoms with Crippen LogP contribution in [-0.4, -0.2) is 23.2 Å². The minimum atomic E-state index is 0.161. The molecule has 0 saturated heterocycles. The van der Waals surface area contributed by atoms with E-state index < -0.39 is 0 Å². The van der Waals surface area contributed by atoms with Gasteiger partial charge in [0.1, 0.15) is 11.9 Å². The van der Waals surface area contributed by atoms with Crippen LogP contribution in [0.4, 0.5) is 0 Å². The molecule has 1 aromatic carbocycles. The maximum Gasteiger partial charge on any atom is 0.213 e. The maximum absolute atomic E-state index is 5.94. The first kappa shape index (κ1) is 19.4. The third kappa shape index (κ3) is 5.33. The third-order valence-electron chi connectivity index (χ3n) is 5.37. The van der Waals surface area contributed by atoms with Gasteiger partial charge < -0.3 is 14.8 Å². The molecule has 1 saturated carbocycles. The van der Waals surface area contributed by atoms with Crippen molar-refractivity contribution < 1.29 is 9.47 Å². The molecule has 150 valence electrons. The van der Waals surface area contributed by atoms with Crippen molar-refractivity contribution in [1.29, 1.82) is 0 Å². The Hall–Kier alpha value is -2.92. The van der Waals surface area contributed by atoms with E-state index in [2.05, 4.69) is 33.5 Å². The number of rotatable bonds is 9. The van der Waals surface area contributed by atoms with Crippen LogP contribution in [0.2, 0.25) is 0 Å². The Morgan fingerprint density at radius 2 is 1.93 bits per heavy atom. The summed E-state index contributed by atoms with van der Waals surface area (Å²) >= 11 is 0. The van der Waals surface area contributed by atoms with Gasteiger partial charge in [0, 0.05) is 37.2 Å². The summed E-state index contributed by atoms with van der Waals surface area (Å²) in [4.78, 5) is 8.62. The van der Waals surface area contributed by atoms with Crippen LogP contribution in [0.25, 0.3) is 0 Å². The quantitative estimate of drug-likeness (QED) is 0.584. The van der Waals surface area contributed by atoms with E-state index in [0.29, 0.717) is 6.10 Å². The molecule has 0 radical (unpaired) electrons. The Labute approximate surface area is 172 Å². The molecule has 1 fully saturated rings. The number of hydrogen-bond donors (Lipinski definition) is 1. The van der Waals surface area contributed by atoms with E-state index >= 15 is 0 Å². The lowest BCUT2D eigenvalue weighted by Crippen LogP contribution is -2.25. The molecular formula is C24H27N3O2. The fourth-order valence-corrected chi connectivity index (χ4v) is 3.42. The molecule has 0 aliphatic heterocycles. The van der Waals surface area contributed by atoms with Crippen LogP contribution in [0.15, 0.2) is 67.1 Å². The molecule has 1 aliphatic rings.